The molecule has 0 saturated carbocycles. The van der Waals surface area contributed by atoms with Gasteiger partial charge in [-0.2, -0.15) is 0 Å². The highest BCUT2D eigenvalue weighted by Gasteiger charge is 2.11. The molecule has 1 aromatic heterocycles. The zero-order valence-corrected chi connectivity index (χ0v) is 16.8. The second kappa shape index (κ2) is 9.59. The highest BCUT2D eigenvalue weighted by molar-refractivity contribution is 6.03. The molecule has 2 N–H and O–H groups in total. The Morgan fingerprint density at radius 2 is 1.72 bits per heavy atom. The molecule has 0 radical (unpaired) electrons. The number of hydrogen-bond acceptors (Lipinski definition) is 5. The van der Waals surface area contributed by atoms with Crippen molar-refractivity contribution < 1.29 is 14.3 Å². The number of amides is 1. The first-order chi connectivity index (χ1) is 14.0. The van der Waals surface area contributed by atoms with E-state index in [1.54, 1.807) is 18.3 Å². The van der Waals surface area contributed by atoms with Gasteiger partial charge in [0.05, 0.1) is 30.3 Å². The first-order valence-corrected chi connectivity index (χ1v) is 9.58. The second-order valence-electron chi connectivity index (χ2n) is 6.63. The molecular weight excluding hydrogens is 366 g/mol. The molecule has 0 unspecified atom stereocenters. The van der Waals surface area contributed by atoms with E-state index in [0.29, 0.717) is 23.7 Å². The molecule has 0 saturated heterocycles. The number of para-hydroxylation sites is 2. The van der Waals surface area contributed by atoms with Crippen LogP contribution >= 0.6 is 0 Å². The van der Waals surface area contributed by atoms with E-state index < -0.39 is 0 Å². The third kappa shape index (κ3) is 5.72. The summed E-state index contributed by atoms with van der Waals surface area (Å²) in [5.74, 6) is 1.16. The molecule has 1 heterocycles. The summed E-state index contributed by atoms with van der Waals surface area (Å²) in [6.45, 7) is 6.41. The molecule has 29 heavy (non-hydrogen) atoms. The van der Waals surface area contributed by atoms with Crippen LogP contribution in [-0.2, 0) is 0 Å². The molecule has 0 fully saturated rings. The summed E-state index contributed by atoms with van der Waals surface area (Å²) in [5, 5.41) is 6.10. The quantitative estimate of drug-likeness (QED) is 0.548. The molecular formula is C23H25N3O3. The smallest absolute Gasteiger partial charge is 0.274 e. The summed E-state index contributed by atoms with van der Waals surface area (Å²) in [4.78, 5) is 16.8. The number of carbonyl (C=O) groups excluding carboxylic acids is 1. The highest BCUT2D eigenvalue weighted by Crippen LogP contribution is 2.24. The molecule has 1 amide bonds. The normalized spacial score (nSPS) is 10.5. The van der Waals surface area contributed by atoms with Crippen molar-refractivity contribution >= 4 is 23.0 Å². The third-order valence-electron chi connectivity index (χ3n) is 3.95. The molecule has 0 aliphatic heterocycles. The number of ether oxygens (including phenoxy) is 2. The number of pyridine rings is 1. The predicted molar refractivity (Wildman–Crippen MR) is 115 cm³/mol. The maximum Gasteiger partial charge on any atom is 0.274 e. The number of hydrogen-bond donors (Lipinski definition) is 2. The molecule has 0 aliphatic rings. The molecule has 0 bridgehead atoms. The van der Waals surface area contributed by atoms with Crippen LogP contribution in [0.3, 0.4) is 0 Å². The maximum atomic E-state index is 12.5. The molecule has 6 nitrogen and oxygen atoms in total. The topological polar surface area (TPSA) is 72.5 Å². The Morgan fingerprint density at radius 1 is 1.00 bits per heavy atom. The molecule has 3 aromatic rings. The van der Waals surface area contributed by atoms with Crippen LogP contribution in [0.25, 0.3) is 0 Å². The van der Waals surface area contributed by atoms with Crippen LogP contribution < -0.4 is 20.1 Å². The van der Waals surface area contributed by atoms with E-state index >= 15 is 0 Å². The van der Waals surface area contributed by atoms with Crippen LogP contribution in [0.2, 0.25) is 0 Å². The van der Waals surface area contributed by atoms with Gasteiger partial charge in [0.2, 0.25) is 0 Å². The Bertz CT molecular complexity index is 938. The molecule has 2 aromatic carbocycles. The van der Waals surface area contributed by atoms with E-state index in [2.05, 4.69) is 15.6 Å². The van der Waals surface area contributed by atoms with Crippen LogP contribution in [0.15, 0.2) is 66.9 Å². The van der Waals surface area contributed by atoms with Gasteiger partial charge in [0.25, 0.3) is 5.91 Å². The van der Waals surface area contributed by atoms with Gasteiger partial charge >= 0.3 is 0 Å². The Balaban J connectivity index is 1.63. The van der Waals surface area contributed by atoms with Gasteiger partial charge in [-0.3, -0.25) is 4.79 Å². The van der Waals surface area contributed by atoms with Gasteiger partial charge in [0.15, 0.2) is 0 Å². The summed E-state index contributed by atoms with van der Waals surface area (Å²) in [6, 6.07) is 18.5. The van der Waals surface area contributed by atoms with Crippen LogP contribution in [-0.4, -0.2) is 23.6 Å². The van der Waals surface area contributed by atoms with Crippen LogP contribution in [0.5, 0.6) is 11.5 Å². The number of anilines is 3. The van der Waals surface area contributed by atoms with Gasteiger partial charge in [-0.1, -0.05) is 12.1 Å². The van der Waals surface area contributed by atoms with Crippen LogP contribution in [0, 0.1) is 0 Å². The Morgan fingerprint density at radius 3 is 2.38 bits per heavy atom. The number of rotatable bonds is 8. The molecule has 3 rings (SSSR count). The zero-order valence-electron chi connectivity index (χ0n) is 16.8. The van der Waals surface area contributed by atoms with Crippen molar-refractivity contribution in [3.63, 3.8) is 0 Å². The summed E-state index contributed by atoms with van der Waals surface area (Å²) < 4.78 is 11.2. The minimum absolute atomic E-state index is 0.136. The van der Waals surface area contributed by atoms with E-state index in [1.165, 1.54) is 0 Å². The van der Waals surface area contributed by atoms with Crippen molar-refractivity contribution in [2.75, 3.05) is 17.2 Å². The van der Waals surface area contributed by atoms with Crippen LogP contribution in [0.1, 0.15) is 31.3 Å². The van der Waals surface area contributed by atoms with Gasteiger partial charge in [-0.05, 0) is 69.3 Å². The fourth-order valence-corrected chi connectivity index (χ4v) is 2.70. The third-order valence-corrected chi connectivity index (χ3v) is 3.95. The second-order valence-corrected chi connectivity index (χ2v) is 6.63. The Labute approximate surface area is 170 Å². The molecule has 0 spiro atoms. The van der Waals surface area contributed by atoms with Gasteiger partial charge in [0.1, 0.15) is 17.2 Å². The van der Waals surface area contributed by atoms with Crippen molar-refractivity contribution in [3.05, 3.63) is 72.6 Å². The van der Waals surface area contributed by atoms with Gasteiger partial charge in [-0.25, -0.2) is 4.98 Å². The average molecular weight is 391 g/mol. The lowest BCUT2D eigenvalue weighted by atomic mass is 10.2. The van der Waals surface area contributed by atoms with E-state index in [0.717, 1.165) is 17.1 Å². The Hall–Kier alpha value is -3.54. The highest BCUT2D eigenvalue weighted by atomic mass is 16.5. The minimum Gasteiger partial charge on any atom is -0.492 e. The standard InChI is InChI=1S/C23H25N3O3/c1-4-28-22-8-6-5-7-20(22)26-23(27)21-14-11-18(15-24-21)25-17-9-12-19(13-10-17)29-16(2)3/h5-16,25H,4H2,1-3H3,(H,26,27). The Kier molecular flexibility index (Phi) is 6.68. The average Bonchev–Trinajstić information content (AvgIpc) is 2.71. The number of benzene rings is 2. The van der Waals surface area contributed by atoms with Crippen molar-refractivity contribution in [2.45, 2.75) is 26.9 Å². The summed E-state index contributed by atoms with van der Waals surface area (Å²) in [6.07, 6.45) is 1.76. The zero-order chi connectivity index (χ0) is 20.6. The summed E-state index contributed by atoms with van der Waals surface area (Å²) in [7, 11) is 0. The lowest BCUT2D eigenvalue weighted by molar-refractivity contribution is 0.102. The number of aromatic nitrogens is 1. The minimum atomic E-state index is -0.293. The van der Waals surface area contributed by atoms with Crippen molar-refractivity contribution in [2.24, 2.45) is 0 Å². The summed E-state index contributed by atoms with van der Waals surface area (Å²) in [5.41, 5.74) is 2.63. The van der Waals surface area contributed by atoms with E-state index in [9.17, 15) is 4.79 Å². The number of nitrogens with one attached hydrogen (secondary N) is 2. The lowest BCUT2D eigenvalue weighted by Crippen LogP contribution is -2.14. The van der Waals surface area contributed by atoms with Crippen molar-refractivity contribution in [1.82, 2.24) is 4.98 Å². The largest absolute Gasteiger partial charge is 0.492 e. The SMILES string of the molecule is CCOc1ccccc1NC(=O)c1ccc(Nc2ccc(OC(C)C)cc2)cn1. The molecule has 0 atom stereocenters. The van der Waals surface area contributed by atoms with E-state index in [1.807, 2.05) is 69.3 Å². The first kappa shape index (κ1) is 20.2. The van der Waals surface area contributed by atoms with Gasteiger partial charge in [-0.15, -0.1) is 0 Å². The van der Waals surface area contributed by atoms with E-state index in [-0.39, 0.29) is 12.0 Å². The predicted octanol–water partition coefficient (Wildman–Crippen LogP) is 5.26. The van der Waals surface area contributed by atoms with E-state index in [4.69, 9.17) is 9.47 Å². The fourth-order valence-electron chi connectivity index (χ4n) is 2.70. The number of nitrogens with zero attached hydrogens (tertiary/aromatic N) is 1. The van der Waals surface area contributed by atoms with Gasteiger partial charge in [0, 0.05) is 5.69 Å². The summed E-state index contributed by atoms with van der Waals surface area (Å²) >= 11 is 0. The monoisotopic (exact) mass is 391 g/mol. The molecule has 0 aliphatic carbocycles. The van der Waals surface area contributed by atoms with Crippen molar-refractivity contribution in [3.8, 4) is 11.5 Å². The van der Waals surface area contributed by atoms with Crippen LogP contribution in [0.4, 0.5) is 17.1 Å². The fraction of sp³-hybridized carbons (Fsp3) is 0.217. The lowest BCUT2D eigenvalue weighted by Gasteiger charge is -2.12. The van der Waals surface area contributed by atoms with Crippen molar-refractivity contribution in [1.29, 1.82) is 0 Å². The number of carbonyl (C=O) groups is 1. The first-order valence-electron chi connectivity index (χ1n) is 9.58. The molecule has 150 valence electrons. The maximum absolute atomic E-state index is 12.5. The van der Waals surface area contributed by atoms with Gasteiger partial charge < -0.3 is 20.1 Å². The molecule has 6 heteroatoms.